The molecule has 0 saturated carbocycles. The second-order valence-corrected chi connectivity index (χ2v) is 6.30. The molecule has 0 aliphatic carbocycles. The van der Waals surface area contributed by atoms with E-state index in [1.54, 1.807) is 7.11 Å². The first-order chi connectivity index (χ1) is 10.2. The monoisotopic (exact) mass is 321 g/mol. The van der Waals surface area contributed by atoms with E-state index < -0.39 is 0 Å². The Morgan fingerprint density at radius 3 is 2.67 bits per heavy atom. The van der Waals surface area contributed by atoms with Crippen molar-refractivity contribution in [3.63, 3.8) is 0 Å². The number of ether oxygens (including phenoxy) is 1. The van der Waals surface area contributed by atoms with Gasteiger partial charge >= 0.3 is 0 Å². The zero-order valence-electron chi connectivity index (χ0n) is 12.5. The fourth-order valence-corrected chi connectivity index (χ4v) is 3.54. The average molecular weight is 322 g/mol. The lowest BCUT2D eigenvalue weighted by molar-refractivity contribution is 0.404. The van der Waals surface area contributed by atoms with Gasteiger partial charge in [-0.2, -0.15) is 0 Å². The number of rotatable bonds is 6. The van der Waals surface area contributed by atoms with Crippen LogP contribution in [0.5, 0.6) is 5.75 Å². The van der Waals surface area contributed by atoms with Crippen molar-refractivity contribution in [3.8, 4) is 5.75 Å². The largest absolute Gasteiger partial charge is 0.496 e. The molecule has 0 aromatic heterocycles. The van der Waals surface area contributed by atoms with Crippen molar-refractivity contribution in [3.05, 3.63) is 58.6 Å². The van der Waals surface area contributed by atoms with Gasteiger partial charge in [0.1, 0.15) is 5.75 Å². The predicted molar refractivity (Wildman–Crippen MR) is 91.7 cm³/mol. The van der Waals surface area contributed by atoms with Crippen molar-refractivity contribution in [2.45, 2.75) is 17.9 Å². The van der Waals surface area contributed by atoms with Crippen LogP contribution in [0.25, 0.3) is 0 Å². The molecular formula is C17H20ClNOS. The van der Waals surface area contributed by atoms with Crippen molar-refractivity contribution in [1.29, 1.82) is 0 Å². The minimum absolute atomic E-state index is 0.184. The summed E-state index contributed by atoms with van der Waals surface area (Å²) in [6.07, 6.45) is 0. The molecule has 0 heterocycles. The molecule has 2 aromatic carbocycles. The van der Waals surface area contributed by atoms with Gasteiger partial charge in [0.25, 0.3) is 0 Å². The zero-order valence-corrected chi connectivity index (χ0v) is 14.1. The van der Waals surface area contributed by atoms with Crippen molar-refractivity contribution in [1.82, 2.24) is 5.32 Å². The molecule has 0 saturated heterocycles. The second-order valence-electron chi connectivity index (χ2n) is 4.80. The first kappa shape index (κ1) is 16.2. The lowest BCUT2D eigenvalue weighted by atomic mass is 10.1. The SMILES string of the molecule is CNC(CSc1ccccc1C)c1cc(Cl)ccc1OC. The Hall–Kier alpha value is -1.16. The Bertz CT molecular complexity index is 603. The molecule has 1 N–H and O–H groups in total. The van der Waals surface area contributed by atoms with Crippen molar-refractivity contribution >= 4 is 23.4 Å². The summed E-state index contributed by atoms with van der Waals surface area (Å²) in [6, 6.07) is 14.4. The van der Waals surface area contributed by atoms with E-state index in [9.17, 15) is 0 Å². The van der Waals surface area contributed by atoms with E-state index in [1.165, 1.54) is 10.5 Å². The molecule has 2 aromatic rings. The third-order valence-electron chi connectivity index (χ3n) is 3.41. The third-order valence-corrected chi connectivity index (χ3v) is 4.92. The van der Waals surface area contributed by atoms with Gasteiger partial charge in [-0.1, -0.05) is 29.8 Å². The number of hydrogen-bond donors (Lipinski definition) is 1. The average Bonchev–Trinajstić information content (AvgIpc) is 2.50. The Balaban J connectivity index is 2.17. The number of hydrogen-bond acceptors (Lipinski definition) is 3. The predicted octanol–water partition coefficient (Wildman–Crippen LogP) is 4.71. The van der Waals surface area contributed by atoms with Crippen molar-refractivity contribution in [2.75, 3.05) is 19.9 Å². The highest BCUT2D eigenvalue weighted by molar-refractivity contribution is 7.99. The van der Waals surface area contributed by atoms with Gasteiger partial charge in [0.15, 0.2) is 0 Å². The van der Waals surface area contributed by atoms with Crippen LogP contribution in [0.15, 0.2) is 47.4 Å². The number of aryl methyl sites for hydroxylation is 1. The van der Waals surface area contributed by atoms with Gasteiger partial charge in [-0.05, 0) is 43.8 Å². The lowest BCUT2D eigenvalue weighted by Crippen LogP contribution is -2.19. The highest BCUT2D eigenvalue weighted by atomic mass is 35.5. The number of halogens is 1. The first-order valence-electron chi connectivity index (χ1n) is 6.85. The fraction of sp³-hybridized carbons (Fsp3) is 0.294. The molecule has 21 heavy (non-hydrogen) atoms. The van der Waals surface area contributed by atoms with Crippen LogP contribution >= 0.6 is 23.4 Å². The van der Waals surface area contributed by atoms with E-state index in [1.807, 2.05) is 37.0 Å². The molecule has 0 fully saturated rings. The Morgan fingerprint density at radius 2 is 2.00 bits per heavy atom. The molecule has 4 heteroatoms. The topological polar surface area (TPSA) is 21.3 Å². The molecule has 0 radical (unpaired) electrons. The first-order valence-corrected chi connectivity index (χ1v) is 8.21. The van der Waals surface area contributed by atoms with Crippen LogP contribution in [0.3, 0.4) is 0 Å². The van der Waals surface area contributed by atoms with Crippen LogP contribution in [-0.4, -0.2) is 19.9 Å². The zero-order chi connectivity index (χ0) is 15.2. The van der Waals surface area contributed by atoms with Crippen LogP contribution in [0.2, 0.25) is 5.02 Å². The van der Waals surface area contributed by atoms with Gasteiger partial charge in [0.05, 0.1) is 7.11 Å². The molecule has 1 unspecified atom stereocenters. The van der Waals surface area contributed by atoms with E-state index in [4.69, 9.17) is 16.3 Å². The summed E-state index contributed by atoms with van der Waals surface area (Å²) in [5, 5.41) is 4.08. The molecule has 2 rings (SSSR count). The van der Waals surface area contributed by atoms with Gasteiger partial charge in [0.2, 0.25) is 0 Å². The van der Waals surface area contributed by atoms with Crippen LogP contribution in [0, 0.1) is 6.92 Å². The molecular weight excluding hydrogens is 302 g/mol. The summed E-state index contributed by atoms with van der Waals surface area (Å²) in [4.78, 5) is 1.30. The van der Waals surface area contributed by atoms with Crippen LogP contribution in [0.4, 0.5) is 0 Å². The highest BCUT2D eigenvalue weighted by Crippen LogP contribution is 2.32. The summed E-state index contributed by atoms with van der Waals surface area (Å²) >= 11 is 7.97. The van der Waals surface area contributed by atoms with Crippen LogP contribution in [-0.2, 0) is 0 Å². The number of nitrogens with one attached hydrogen (secondary N) is 1. The van der Waals surface area contributed by atoms with Gasteiger partial charge in [-0.3, -0.25) is 0 Å². The van der Waals surface area contributed by atoms with Gasteiger partial charge < -0.3 is 10.1 Å². The van der Waals surface area contributed by atoms with E-state index in [0.29, 0.717) is 0 Å². The molecule has 2 nitrogen and oxygen atoms in total. The Morgan fingerprint density at radius 1 is 1.24 bits per heavy atom. The quantitative estimate of drug-likeness (QED) is 0.778. The van der Waals surface area contributed by atoms with E-state index >= 15 is 0 Å². The standard InChI is InChI=1S/C17H20ClNOS/c1-12-6-4-5-7-17(12)21-11-15(19-2)14-10-13(18)8-9-16(14)20-3/h4-10,15,19H,11H2,1-3H3. The summed E-state index contributed by atoms with van der Waals surface area (Å²) in [7, 11) is 3.65. The summed E-state index contributed by atoms with van der Waals surface area (Å²) in [6.45, 7) is 2.14. The summed E-state index contributed by atoms with van der Waals surface area (Å²) in [5.41, 5.74) is 2.39. The van der Waals surface area contributed by atoms with E-state index in [-0.39, 0.29) is 6.04 Å². The molecule has 0 bridgehead atoms. The summed E-state index contributed by atoms with van der Waals surface area (Å²) < 4.78 is 5.45. The van der Waals surface area contributed by atoms with Gasteiger partial charge in [0, 0.05) is 27.3 Å². The molecule has 0 aliphatic heterocycles. The van der Waals surface area contributed by atoms with Crippen molar-refractivity contribution in [2.24, 2.45) is 0 Å². The lowest BCUT2D eigenvalue weighted by Gasteiger charge is -2.20. The molecule has 112 valence electrons. The van der Waals surface area contributed by atoms with Crippen LogP contribution in [0.1, 0.15) is 17.2 Å². The van der Waals surface area contributed by atoms with Crippen molar-refractivity contribution < 1.29 is 4.74 Å². The maximum atomic E-state index is 6.13. The number of benzene rings is 2. The number of methoxy groups -OCH3 is 1. The Kier molecular flexibility index (Phi) is 5.97. The molecule has 0 amide bonds. The highest BCUT2D eigenvalue weighted by Gasteiger charge is 2.15. The van der Waals surface area contributed by atoms with Crippen LogP contribution < -0.4 is 10.1 Å². The number of thioether (sulfide) groups is 1. The minimum atomic E-state index is 0.184. The molecule has 1 atom stereocenters. The second kappa shape index (κ2) is 7.74. The third kappa shape index (κ3) is 4.16. The summed E-state index contributed by atoms with van der Waals surface area (Å²) in [5.74, 6) is 1.78. The van der Waals surface area contributed by atoms with Gasteiger partial charge in [-0.15, -0.1) is 11.8 Å². The normalized spacial score (nSPS) is 12.2. The molecule has 0 spiro atoms. The minimum Gasteiger partial charge on any atom is -0.496 e. The Labute approximate surface area is 135 Å². The maximum absolute atomic E-state index is 6.13. The maximum Gasteiger partial charge on any atom is 0.123 e. The molecule has 0 aliphatic rings. The van der Waals surface area contributed by atoms with Gasteiger partial charge in [-0.25, -0.2) is 0 Å². The fourth-order valence-electron chi connectivity index (χ4n) is 2.20. The smallest absolute Gasteiger partial charge is 0.123 e. The van der Waals surface area contributed by atoms with E-state index in [2.05, 4.69) is 36.5 Å². The van der Waals surface area contributed by atoms with E-state index in [0.717, 1.165) is 22.1 Å².